The average Bonchev–Trinajstić information content (AvgIpc) is 2.75. The van der Waals surface area contributed by atoms with Gasteiger partial charge in [0.15, 0.2) is 0 Å². The molecule has 0 spiro atoms. The first kappa shape index (κ1) is 25.5. The van der Waals surface area contributed by atoms with Gasteiger partial charge >= 0.3 is 12.3 Å². The van der Waals surface area contributed by atoms with Crippen LogP contribution in [-0.4, -0.2) is 60.3 Å². The van der Waals surface area contributed by atoms with E-state index in [1.165, 1.54) is 25.0 Å². The molecule has 0 aliphatic heterocycles. The lowest BCUT2D eigenvalue weighted by atomic mass is 9.82. The third-order valence-corrected chi connectivity index (χ3v) is 6.24. The molecule has 176 valence electrons. The fourth-order valence-corrected chi connectivity index (χ4v) is 4.19. The highest BCUT2D eigenvalue weighted by Gasteiger charge is 2.31. The van der Waals surface area contributed by atoms with Gasteiger partial charge in [-0.25, -0.2) is 4.79 Å². The normalized spacial score (nSPS) is 19.5. The van der Waals surface area contributed by atoms with Crippen LogP contribution in [0.1, 0.15) is 57.4 Å². The molecular weight excluding hydrogens is 409 g/mol. The minimum atomic E-state index is -4.41. The maximum Gasteiger partial charge on any atom is 0.416 e. The number of carbonyl (C=O) groups is 1. The molecule has 31 heavy (non-hydrogen) atoms. The predicted octanol–water partition coefficient (Wildman–Crippen LogP) is 5.18. The molecule has 0 atom stereocenters. The van der Waals surface area contributed by atoms with Crippen LogP contribution in [-0.2, 0) is 6.18 Å². The number of halogens is 3. The van der Waals surface area contributed by atoms with Gasteiger partial charge in [-0.15, -0.1) is 0 Å². The third-order valence-electron chi connectivity index (χ3n) is 6.24. The second-order valence-electron chi connectivity index (χ2n) is 8.33. The van der Waals surface area contributed by atoms with Gasteiger partial charge in [0.25, 0.3) is 0 Å². The molecule has 1 aliphatic rings. The Morgan fingerprint density at radius 3 is 2.29 bits per heavy atom. The topological polar surface area (TPSA) is 53.0 Å². The van der Waals surface area contributed by atoms with E-state index in [9.17, 15) is 18.0 Å². The Hall–Kier alpha value is -1.80. The minimum absolute atomic E-state index is 0.0957. The van der Waals surface area contributed by atoms with Gasteiger partial charge < -0.3 is 19.6 Å². The first-order valence-corrected chi connectivity index (χ1v) is 11.2. The summed E-state index contributed by atoms with van der Waals surface area (Å²) >= 11 is 0. The Kier molecular flexibility index (Phi) is 10.1. The van der Waals surface area contributed by atoms with Gasteiger partial charge in [-0.05, 0) is 75.4 Å². The van der Waals surface area contributed by atoms with E-state index in [4.69, 9.17) is 9.84 Å². The van der Waals surface area contributed by atoms with Crippen LogP contribution in [0.5, 0.6) is 5.75 Å². The summed E-state index contributed by atoms with van der Waals surface area (Å²) in [7, 11) is 1.69. The van der Waals surface area contributed by atoms with Crippen molar-refractivity contribution in [2.24, 2.45) is 5.92 Å². The minimum Gasteiger partial charge on any atom is -0.410 e. The summed E-state index contributed by atoms with van der Waals surface area (Å²) in [6.07, 6.45) is 2.50. The summed E-state index contributed by atoms with van der Waals surface area (Å²) in [5.41, 5.74) is -0.769. The van der Waals surface area contributed by atoms with E-state index < -0.39 is 17.8 Å². The molecule has 0 radical (unpaired) electrons. The van der Waals surface area contributed by atoms with E-state index in [1.807, 2.05) is 0 Å². The highest BCUT2D eigenvalue weighted by Crippen LogP contribution is 2.32. The fourth-order valence-electron chi connectivity index (χ4n) is 4.19. The molecule has 0 aromatic heterocycles. The molecule has 0 bridgehead atoms. The summed E-state index contributed by atoms with van der Waals surface area (Å²) in [6, 6.07) is 4.27. The van der Waals surface area contributed by atoms with Crippen LogP contribution in [0.25, 0.3) is 0 Å². The van der Waals surface area contributed by atoms with E-state index in [0.717, 1.165) is 63.9 Å². The molecule has 1 N–H and O–H groups in total. The van der Waals surface area contributed by atoms with Crippen molar-refractivity contribution < 1.29 is 27.8 Å². The zero-order valence-electron chi connectivity index (χ0n) is 18.5. The number of amides is 1. The first-order valence-electron chi connectivity index (χ1n) is 11.2. The molecule has 1 amide bonds. The highest BCUT2D eigenvalue weighted by atomic mass is 19.4. The smallest absolute Gasteiger partial charge is 0.410 e. The van der Waals surface area contributed by atoms with Crippen molar-refractivity contribution in [1.29, 1.82) is 0 Å². The van der Waals surface area contributed by atoms with Crippen LogP contribution in [0.3, 0.4) is 0 Å². The van der Waals surface area contributed by atoms with Crippen LogP contribution >= 0.6 is 0 Å². The maximum absolute atomic E-state index is 12.6. The van der Waals surface area contributed by atoms with Crippen LogP contribution in [0.2, 0.25) is 0 Å². The SMILES string of the molecule is CCN(CCO)CCCC[C@H]1CC[C@H](N(C)C(=O)Oc2ccc(C(F)(F)F)cc2)CC1. The standard InChI is InChI=1S/C23H35F3N2O3/c1-3-28(16-17-29)15-5-4-6-18-7-11-20(12-8-18)27(2)22(30)31-21-13-9-19(10-14-21)23(24,25)26/h9-10,13-14,18,20,29H,3-8,11-12,15-17H2,1-2H3/t18-,20-. The number of alkyl halides is 3. The number of aliphatic hydroxyl groups is 1. The van der Waals surface area contributed by atoms with Crippen LogP contribution in [0.15, 0.2) is 24.3 Å². The number of aliphatic hydroxyl groups excluding tert-OH is 1. The Bertz CT molecular complexity index is 659. The van der Waals surface area contributed by atoms with Crippen molar-refractivity contribution in [1.82, 2.24) is 9.80 Å². The number of benzene rings is 1. The lowest BCUT2D eigenvalue weighted by molar-refractivity contribution is -0.137. The Balaban J connectivity index is 1.70. The lowest BCUT2D eigenvalue weighted by Gasteiger charge is -2.34. The third kappa shape index (κ3) is 8.33. The van der Waals surface area contributed by atoms with Gasteiger partial charge in [0.2, 0.25) is 0 Å². The number of ether oxygens (including phenoxy) is 1. The molecular formula is C23H35F3N2O3. The van der Waals surface area contributed by atoms with Crippen molar-refractivity contribution in [3.63, 3.8) is 0 Å². The monoisotopic (exact) mass is 444 g/mol. The summed E-state index contributed by atoms with van der Waals surface area (Å²) in [4.78, 5) is 16.2. The summed E-state index contributed by atoms with van der Waals surface area (Å²) in [5, 5.41) is 9.04. The number of hydrogen-bond acceptors (Lipinski definition) is 4. The number of carbonyl (C=O) groups excluding carboxylic acids is 1. The maximum atomic E-state index is 12.6. The number of rotatable bonds is 10. The molecule has 8 heteroatoms. The largest absolute Gasteiger partial charge is 0.416 e. The molecule has 5 nitrogen and oxygen atoms in total. The fraction of sp³-hybridized carbons (Fsp3) is 0.696. The van der Waals surface area contributed by atoms with Crippen LogP contribution in [0, 0.1) is 5.92 Å². The van der Waals surface area contributed by atoms with E-state index in [-0.39, 0.29) is 18.4 Å². The second kappa shape index (κ2) is 12.3. The molecule has 2 rings (SSSR count). The van der Waals surface area contributed by atoms with Gasteiger partial charge in [0.1, 0.15) is 5.75 Å². The molecule has 0 unspecified atom stereocenters. The van der Waals surface area contributed by atoms with Crippen LogP contribution < -0.4 is 4.74 Å². The molecule has 1 fully saturated rings. The van der Waals surface area contributed by atoms with E-state index in [2.05, 4.69) is 11.8 Å². The Morgan fingerprint density at radius 1 is 1.10 bits per heavy atom. The Labute approximate surface area is 183 Å². The molecule has 0 heterocycles. The second-order valence-corrected chi connectivity index (χ2v) is 8.33. The predicted molar refractivity (Wildman–Crippen MR) is 114 cm³/mol. The van der Waals surface area contributed by atoms with Crippen molar-refractivity contribution in [2.75, 3.05) is 33.3 Å². The van der Waals surface area contributed by atoms with Crippen molar-refractivity contribution in [3.05, 3.63) is 29.8 Å². The number of hydrogen-bond donors (Lipinski definition) is 1. The van der Waals surface area contributed by atoms with Crippen molar-refractivity contribution in [3.8, 4) is 5.75 Å². The molecule has 1 aromatic carbocycles. The number of unbranched alkanes of at least 4 members (excludes halogenated alkanes) is 1. The van der Waals surface area contributed by atoms with E-state index in [1.54, 1.807) is 11.9 Å². The first-order chi connectivity index (χ1) is 14.7. The van der Waals surface area contributed by atoms with Crippen molar-refractivity contribution >= 4 is 6.09 Å². The summed E-state index contributed by atoms with van der Waals surface area (Å²) in [5.74, 6) is 0.782. The lowest BCUT2D eigenvalue weighted by Crippen LogP contribution is -2.41. The Morgan fingerprint density at radius 2 is 1.74 bits per heavy atom. The highest BCUT2D eigenvalue weighted by molar-refractivity contribution is 5.70. The van der Waals surface area contributed by atoms with Gasteiger partial charge in [0, 0.05) is 19.6 Å². The zero-order valence-corrected chi connectivity index (χ0v) is 18.5. The van der Waals surface area contributed by atoms with E-state index in [0.29, 0.717) is 5.92 Å². The van der Waals surface area contributed by atoms with Gasteiger partial charge in [-0.1, -0.05) is 19.8 Å². The van der Waals surface area contributed by atoms with Gasteiger partial charge in [-0.2, -0.15) is 13.2 Å². The molecule has 1 aromatic rings. The van der Waals surface area contributed by atoms with Gasteiger partial charge in [-0.3, -0.25) is 0 Å². The van der Waals surface area contributed by atoms with Gasteiger partial charge in [0.05, 0.1) is 12.2 Å². The average molecular weight is 445 g/mol. The number of nitrogens with zero attached hydrogens (tertiary/aromatic N) is 2. The molecule has 0 saturated heterocycles. The summed E-state index contributed by atoms with van der Waals surface area (Å²) < 4.78 is 43.2. The van der Waals surface area contributed by atoms with E-state index >= 15 is 0 Å². The quantitative estimate of drug-likeness (QED) is 0.506. The summed E-state index contributed by atoms with van der Waals surface area (Å²) in [6.45, 7) is 5.02. The number of likely N-dealkylation sites (N-methyl/N-ethyl adjacent to an activating group) is 1. The van der Waals surface area contributed by atoms with Crippen molar-refractivity contribution in [2.45, 2.75) is 64.1 Å². The zero-order chi connectivity index (χ0) is 22.9. The molecule has 1 aliphatic carbocycles. The molecule has 1 saturated carbocycles. The van der Waals surface area contributed by atoms with Crippen LogP contribution in [0.4, 0.5) is 18.0 Å².